The number of sulfonamides is 1. The molecule has 0 radical (unpaired) electrons. The molecule has 8 rings (SSSR count). The monoisotopic (exact) mass is 637 g/mol. The predicted molar refractivity (Wildman–Crippen MR) is 165 cm³/mol. The van der Waals surface area contributed by atoms with E-state index in [-0.39, 0.29) is 27.8 Å². The molecule has 45 heavy (non-hydrogen) atoms. The van der Waals surface area contributed by atoms with Crippen LogP contribution in [0.5, 0.6) is 0 Å². The van der Waals surface area contributed by atoms with E-state index in [1.165, 1.54) is 11.8 Å². The third kappa shape index (κ3) is 4.13. The highest BCUT2D eigenvalue weighted by molar-refractivity contribution is 7.93. The second-order valence-electron chi connectivity index (χ2n) is 13.6. The van der Waals surface area contributed by atoms with E-state index < -0.39 is 45.9 Å². The normalized spacial score (nSPS) is 31.7. The Bertz CT molecular complexity index is 1830. The van der Waals surface area contributed by atoms with Gasteiger partial charge >= 0.3 is 5.97 Å². The van der Waals surface area contributed by atoms with Crippen molar-refractivity contribution in [3.05, 3.63) is 59.4 Å². The van der Waals surface area contributed by atoms with E-state index >= 15 is 0 Å². The molecule has 2 aromatic rings. The number of carbonyl (C=O) groups is 3. The summed E-state index contributed by atoms with van der Waals surface area (Å²) in [6.07, 6.45) is -0.227. The number of anilines is 1. The lowest BCUT2D eigenvalue weighted by atomic mass is 9.77. The lowest BCUT2D eigenvalue weighted by Crippen LogP contribution is -2.76. The number of nitrogens with zero attached hydrogens (tertiary/aromatic N) is 4. The molecule has 13 heteroatoms. The number of quaternary nitrogens is 2. The van der Waals surface area contributed by atoms with Crippen LogP contribution in [0.1, 0.15) is 19.4 Å². The number of benzene rings is 2. The fourth-order valence-electron chi connectivity index (χ4n) is 8.80. The number of allylic oxidation sites excluding steroid dienone is 1. The average molecular weight is 638 g/mol. The molecule has 12 nitrogen and oxygen atoms in total. The molecule has 4 saturated heterocycles. The summed E-state index contributed by atoms with van der Waals surface area (Å²) < 4.78 is 31.1. The number of hydrogen-bond donors (Lipinski definition) is 3. The summed E-state index contributed by atoms with van der Waals surface area (Å²) in [5.41, 5.74) is 6.86. The van der Waals surface area contributed by atoms with Gasteiger partial charge in [-0.3, -0.25) is 9.59 Å². The molecular weight excluding hydrogens is 598 g/mol. The predicted octanol–water partition coefficient (Wildman–Crippen LogP) is 0.747. The summed E-state index contributed by atoms with van der Waals surface area (Å²) in [5, 5.41) is 21.8. The minimum atomic E-state index is -4.13. The Labute approximate surface area is 261 Å². The molecule has 6 heterocycles. The van der Waals surface area contributed by atoms with Gasteiger partial charge in [0.05, 0.1) is 40.9 Å². The second-order valence-corrected chi connectivity index (χ2v) is 15.3. The standard InChI is InChI=1S/C32H37N5O7S/c1-18-26(30(32(41)42)34-29(18)27(20(3)38)31(34)40)19(2)35-23-6-4-5-22-21(7-8-24(28(22)23)45(35,43)44)9-10-36-11-14-37(15-12-36,16-13-36)17-25(33)39/h4-8,18,20,27,29,38H,2,9-17H2,1,3H3,(H-2,33,39,41,42)/p+2/t18-,20+,27+,29+,36?,37?/m0/s1. The zero-order valence-electron chi connectivity index (χ0n) is 25.5. The number of hydrogen-bond acceptors (Lipinski definition) is 6. The fourth-order valence-corrected chi connectivity index (χ4v) is 10.5. The molecule has 2 bridgehead atoms. The molecule has 2 aromatic carbocycles. The number of carbonyl (C=O) groups excluding carboxylic acids is 2. The molecule has 0 aliphatic carbocycles. The number of piperazine rings is 3. The van der Waals surface area contributed by atoms with Gasteiger partial charge in [0.15, 0.2) is 6.54 Å². The van der Waals surface area contributed by atoms with Crippen LogP contribution in [-0.4, -0.2) is 115 Å². The molecule has 2 amide bonds. The van der Waals surface area contributed by atoms with Crippen molar-refractivity contribution in [2.24, 2.45) is 17.6 Å². The number of fused-ring (bicyclic) bond motifs is 4. The minimum absolute atomic E-state index is 0.00534. The Morgan fingerprint density at radius 2 is 1.73 bits per heavy atom. The number of carboxylic acids is 1. The van der Waals surface area contributed by atoms with E-state index in [0.29, 0.717) is 17.6 Å². The smallest absolute Gasteiger partial charge is 0.352 e. The largest absolute Gasteiger partial charge is 0.477 e. The molecule has 0 spiro atoms. The fraction of sp³-hybridized carbons (Fsp3) is 0.469. The molecule has 4 N–H and O–H groups in total. The van der Waals surface area contributed by atoms with Crippen LogP contribution in [0, 0.1) is 11.8 Å². The summed E-state index contributed by atoms with van der Waals surface area (Å²) in [4.78, 5) is 38.3. The van der Waals surface area contributed by atoms with Crippen LogP contribution in [0.3, 0.4) is 0 Å². The number of primary amides is 1. The third-order valence-electron chi connectivity index (χ3n) is 11.2. The van der Waals surface area contributed by atoms with E-state index in [2.05, 4.69) is 6.58 Å². The van der Waals surface area contributed by atoms with Gasteiger partial charge in [0.2, 0.25) is 5.91 Å². The van der Waals surface area contributed by atoms with E-state index in [1.807, 2.05) is 12.1 Å². The summed E-state index contributed by atoms with van der Waals surface area (Å²) >= 11 is 0. The van der Waals surface area contributed by atoms with Gasteiger partial charge in [-0.25, -0.2) is 17.5 Å². The van der Waals surface area contributed by atoms with Gasteiger partial charge in [0.1, 0.15) is 45.0 Å². The SMILES string of the molecule is C=C(C1=C(C(=O)O)N2C(=O)[C@H]([C@@H](C)O)[C@H]2[C@H]1C)N1c2cccc3c(CC[N+]45CC[N+](CC(N)=O)(CC4)CC5)ccc(c23)S1(=O)=O. The van der Waals surface area contributed by atoms with Crippen LogP contribution >= 0.6 is 0 Å². The van der Waals surface area contributed by atoms with E-state index in [9.17, 15) is 33.0 Å². The third-order valence-corrected chi connectivity index (χ3v) is 13.0. The average Bonchev–Trinajstić information content (AvgIpc) is 3.38. The van der Waals surface area contributed by atoms with Crippen molar-refractivity contribution in [2.75, 3.05) is 56.7 Å². The number of carboxylic acid groups (broad SMARTS) is 1. The number of nitrogens with two attached hydrogens (primary N) is 1. The highest BCUT2D eigenvalue weighted by atomic mass is 32.2. The van der Waals surface area contributed by atoms with Crippen molar-refractivity contribution in [2.45, 2.75) is 37.3 Å². The summed E-state index contributed by atoms with van der Waals surface area (Å²) in [5.74, 6) is -3.42. The Balaban J connectivity index is 1.21. The molecule has 4 fully saturated rings. The Morgan fingerprint density at radius 1 is 1.09 bits per heavy atom. The van der Waals surface area contributed by atoms with Crippen molar-refractivity contribution in [3.63, 3.8) is 0 Å². The molecule has 238 valence electrons. The highest BCUT2D eigenvalue weighted by Crippen LogP contribution is 2.53. The number of aliphatic hydroxyl groups excluding tert-OH is 1. The lowest BCUT2D eigenvalue weighted by Gasteiger charge is -2.55. The summed E-state index contributed by atoms with van der Waals surface area (Å²) in [7, 11) is -4.13. The molecule has 0 saturated carbocycles. The molecule has 6 aliphatic heterocycles. The second kappa shape index (κ2) is 9.86. The van der Waals surface area contributed by atoms with Crippen molar-refractivity contribution in [3.8, 4) is 0 Å². The number of amides is 2. The molecule has 4 atom stereocenters. The Hall–Kier alpha value is -3.78. The van der Waals surface area contributed by atoms with E-state index in [1.54, 1.807) is 25.1 Å². The Kier molecular flexibility index (Phi) is 6.55. The maximum Gasteiger partial charge on any atom is 0.352 e. The number of aliphatic hydroxyl groups is 1. The van der Waals surface area contributed by atoms with E-state index in [0.717, 1.165) is 76.5 Å². The quantitative estimate of drug-likeness (QED) is 0.270. The van der Waals surface area contributed by atoms with E-state index in [4.69, 9.17) is 5.73 Å². The number of aliphatic carboxylic acids is 1. The van der Waals surface area contributed by atoms with Gasteiger partial charge in [-0.1, -0.05) is 31.7 Å². The van der Waals surface area contributed by atoms with Crippen LogP contribution in [-0.2, 0) is 30.8 Å². The molecule has 0 unspecified atom stereocenters. The van der Waals surface area contributed by atoms with Crippen LogP contribution in [0.2, 0.25) is 0 Å². The van der Waals surface area contributed by atoms with Crippen LogP contribution in [0.4, 0.5) is 5.69 Å². The first-order chi connectivity index (χ1) is 21.2. The van der Waals surface area contributed by atoms with Crippen molar-refractivity contribution in [1.29, 1.82) is 0 Å². The lowest BCUT2D eigenvalue weighted by molar-refractivity contribution is -1.08. The Morgan fingerprint density at radius 3 is 2.33 bits per heavy atom. The van der Waals surface area contributed by atoms with Gasteiger partial charge in [-0.05, 0) is 30.0 Å². The first kappa shape index (κ1) is 29.9. The maximum atomic E-state index is 14.1. The van der Waals surface area contributed by atoms with Crippen molar-refractivity contribution in [1.82, 2.24) is 4.90 Å². The van der Waals surface area contributed by atoms with Crippen molar-refractivity contribution >= 4 is 44.3 Å². The van der Waals surface area contributed by atoms with Gasteiger partial charge in [0, 0.05) is 23.3 Å². The van der Waals surface area contributed by atoms with Gasteiger partial charge < -0.3 is 29.8 Å². The van der Waals surface area contributed by atoms with Crippen LogP contribution < -0.4 is 10.0 Å². The van der Waals surface area contributed by atoms with Crippen LogP contribution in [0.25, 0.3) is 10.8 Å². The van der Waals surface area contributed by atoms with Crippen molar-refractivity contribution < 1.29 is 42.0 Å². The molecular formula is C32H39N5O7S+2. The van der Waals surface area contributed by atoms with Gasteiger partial charge in [-0.2, -0.15) is 0 Å². The first-order valence-corrected chi connectivity index (χ1v) is 16.9. The number of rotatable bonds is 9. The maximum absolute atomic E-state index is 14.1. The van der Waals surface area contributed by atoms with Crippen LogP contribution in [0.15, 0.2) is 58.8 Å². The molecule has 6 aliphatic rings. The van der Waals surface area contributed by atoms with Gasteiger partial charge in [0.25, 0.3) is 15.9 Å². The van der Waals surface area contributed by atoms with Gasteiger partial charge in [-0.15, -0.1) is 0 Å². The molecule has 0 aromatic heterocycles. The topological polar surface area (TPSA) is 158 Å². The zero-order chi connectivity index (χ0) is 32.2. The highest BCUT2D eigenvalue weighted by Gasteiger charge is 2.61. The zero-order valence-corrected chi connectivity index (χ0v) is 26.3. The minimum Gasteiger partial charge on any atom is -0.477 e. The summed E-state index contributed by atoms with van der Waals surface area (Å²) in [6.45, 7) is 14.4. The first-order valence-electron chi connectivity index (χ1n) is 15.5. The summed E-state index contributed by atoms with van der Waals surface area (Å²) in [6, 6.07) is 8.36. The number of β-lactam (4-membered cyclic amide) rings is 1.